The van der Waals surface area contributed by atoms with Crippen LogP contribution in [0.2, 0.25) is 0 Å². The van der Waals surface area contributed by atoms with Crippen molar-refractivity contribution in [2.24, 2.45) is 5.90 Å². The van der Waals surface area contributed by atoms with E-state index in [2.05, 4.69) is 15.5 Å². The molecule has 4 N–H and O–H groups in total. The Bertz CT molecular complexity index is 277. The molecule has 0 fully saturated rings. The van der Waals surface area contributed by atoms with Crippen LogP contribution in [0, 0.1) is 0 Å². The number of hydrogen-bond acceptors (Lipinski definition) is 3. The summed E-state index contributed by atoms with van der Waals surface area (Å²) >= 11 is 0. The normalized spacial score (nSPS) is 9.50. The van der Waals surface area contributed by atoms with Crippen LogP contribution in [0.4, 0.5) is 10.5 Å². The molecule has 0 atom stereocenters. The number of rotatable bonds is 4. The van der Waals surface area contributed by atoms with Crippen LogP contribution < -0.4 is 16.5 Å². The molecule has 2 amide bonds. The van der Waals surface area contributed by atoms with Crippen molar-refractivity contribution >= 4 is 11.7 Å². The van der Waals surface area contributed by atoms with Gasteiger partial charge in [-0.25, -0.2) is 10.7 Å². The standard InChI is InChI=1S/C9H13N3O2/c10-14-7-6-11-9(13)12-8-4-2-1-3-5-8/h1-5H,6-7,10H2,(H2,11,12,13). The zero-order valence-corrected chi connectivity index (χ0v) is 7.69. The van der Waals surface area contributed by atoms with Crippen LogP contribution in [0.25, 0.3) is 0 Å². The fourth-order valence-electron chi connectivity index (χ4n) is 0.920. The van der Waals surface area contributed by atoms with Crippen LogP contribution in [-0.4, -0.2) is 19.2 Å². The highest BCUT2D eigenvalue weighted by Gasteiger charge is 1.98. The van der Waals surface area contributed by atoms with Gasteiger partial charge in [-0.15, -0.1) is 0 Å². The summed E-state index contributed by atoms with van der Waals surface area (Å²) in [6.07, 6.45) is 0. The zero-order valence-electron chi connectivity index (χ0n) is 7.69. The van der Waals surface area contributed by atoms with Crippen molar-refractivity contribution in [1.82, 2.24) is 5.32 Å². The molecule has 5 heteroatoms. The maximum Gasteiger partial charge on any atom is 0.319 e. The topological polar surface area (TPSA) is 76.4 Å². The van der Waals surface area contributed by atoms with Gasteiger partial charge in [0.25, 0.3) is 0 Å². The summed E-state index contributed by atoms with van der Waals surface area (Å²) in [5.41, 5.74) is 0.749. The van der Waals surface area contributed by atoms with Crippen molar-refractivity contribution in [1.29, 1.82) is 0 Å². The number of amides is 2. The molecule has 0 bridgehead atoms. The lowest BCUT2D eigenvalue weighted by molar-refractivity contribution is 0.141. The van der Waals surface area contributed by atoms with Gasteiger partial charge in [-0.1, -0.05) is 18.2 Å². The minimum Gasteiger partial charge on any atom is -0.335 e. The van der Waals surface area contributed by atoms with Crippen LogP contribution in [0.3, 0.4) is 0 Å². The highest BCUT2D eigenvalue weighted by molar-refractivity contribution is 5.89. The van der Waals surface area contributed by atoms with Gasteiger partial charge in [0.2, 0.25) is 0 Å². The van der Waals surface area contributed by atoms with E-state index in [9.17, 15) is 4.79 Å². The average molecular weight is 195 g/mol. The van der Waals surface area contributed by atoms with Gasteiger partial charge in [0, 0.05) is 12.2 Å². The number of para-hydroxylation sites is 1. The third-order valence-electron chi connectivity index (χ3n) is 1.54. The predicted octanol–water partition coefficient (Wildman–Crippen LogP) is 0.698. The van der Waals surface area contributed by atoms with Crippen molar-refractivity contribution in [2.45, 2.75) is 0 Å². The van der Waals surface area contributed by atoms with Gasteiger partial charge >= 0.3 is 6.03 Å². The summed E-state index contributed by atoms with van der Waals surface area (Å²) in [5.74, 6) is 4.80. The average Bonchev–Trinajstić information content (AvgIpc) is 2.20. The molecule has 1 rings (SSSR count). The van der Waals surface area contributed by atoms with Crippen molar-refractivity contribution in [3.63, 3.8) is 0 Å². The number of nitrogens with one attached hydrogen (secondary N) is 2. The van der Waals surface area contributed by atoms with Crippen molar-refractivity contribution in [2.75, 3.05) is 18.5 Å². The van der Waals surface area contributed by atoms with Gasteiger partial charge < -0.3 is 15.5 Å². The molecule has 14 heavy (non-hydrogen) atoms. The number of anilines is 1. The van der Waals surface area contributed by atoms with E-state index in [4.69, 9.17) is 5.90 Å². The maximum absolute atomic E-state index is 11.2. The maximum atomic E-state index is 11.2. The van der Waals surface area contributed by atoms with Crippen LogP contribution >= 0.6 is 0 Å². The van der Waals surface area contributed by atoms with E-state index in [0.717, 1.165) is 5.69 Å². The first-order valence-electron chi connectivity index (χ1n) is 4.24. The predicted molar refractivity (Wildman–Crippen MR) is 53.6 cm³/mol. The third-order valence-corrected chi connectivity index (χ3v) is 1.54. The summed E-state index contributed by atoms with van der Waals surface area (Å²) in [6.45, 7) is 0.678. The summed E-state index contributed by atoms with van der Waals surface area (Å²) in [4.78, 5) is 15.5. The minimum atomic E-state index is -0.270. The van der Waals surface area contributed by atoms with E-state index in [1.165, 1.54) is 0 Å². The van der Waals surface area contributed by atoms with Crippen LogP contribution in [0.1, 0.15) is 0 Å². The highest BCUT2D eigenvalue weighted by Crippen LogP contribution is 2.03. The molecule has 0 saturated carbocycles. The second kappa shape index (κ2) is 5.95. The minimum absolute atomic E-state index is 0.270. The summed E-state index contributed by atoms with van der Waals surface area (Å²) < 4.78 is 0. The van der Waals surface area contributed by atoms with Gasteiger partial charge in [0.05, 0.1) is 6.61 Å². The van der Waals surface area contributed by atoms with E-state index >= 15 is 0 Å². The molecular weight excluding hydrogens is 182 g/mol. The lowest BCUT2D eigenvalue weighted by atomic mass is 10.3. The Morgan fingerprint density at radius 2 is 2.07 bits per heavy atom. The van der Waals surface area contributed by atoms with E-state index < -0.39 is 0 Å². The van der Waals surface area contributed by atoms with Gasteiger partial charge in [-0.3, -0.25) is 0 Å². The monoisotopic (exact) mass is 195 g/mol. The van der Waals surface area contributed by atoms with E-state index in [1.807, 2.05) is 18.2 Å². The third kappa shape index (κ3) is 3.88. The molecule has 0 aromatic heterocycles. The summed E-state index contributed by atoms with van der Waals surface area (Å²) in [6, 6.07) is 8.91. The SMILES string of the molecule is NOCCNC(=O)Nc1ccccc1. The van der Waals surface area contributed by atoms with E-state index in [0.29, 0.717) is 13.2 Å². The molecule has 5 nitrogen and oxygen atoms in total. The molecule has 1 aromatic rings. The molecule has 0 radical (unpaired) electrons. The largest absolute Gasteiger partial charge is 0.335 e. The molecule has 1 aromatic carbocycles. The van der Waals surface area contributed by atoms with Gasteiger partial charge in [0.15, 0.2) is 0 Å². The summed E-state index contributed by atoms with van der Waals surface area (Å²) in [5, 5.41) is 5.23. The Morgan fingerprint density at radius 1 is 1.36 bits per heavy atom. The molecule has 0 spiro atoms. The lowest BCUT2D eigenvalue weighted by Crippen LogP contribution is -2.32. The molecule has 0 aliphatic rings. The number of benzene rings is 1. The number of urea groups is 1. The van der Waals surface area contributed by atoms with Crippen LogP contribution in [0.5, 0.6) is 0 Å². The number of carbonyl (C=O) groups is 1. The Kier molecular flexibility index (Phi) is 4.46. The van der Waals surface area contributed by atoms with Crippen LogP contribution in [-0.2, 0) is 4.84 Å². The first kappa shape index (κ1) is 10.5. The Balaban J connectivity index is 2.27. The molecule has 0 aliphatic carbocycles. The van der Waals surface area contributed by atoms with Crippen molar-refractivity contribution in [3.8, 4) is 0 Å². The Labute approximate surface area is 82.2 Å². The quantitative estimate of drug-likeness (QED) is 0.489. The zero-order chi connectivity index (χ0) is 10.2. The number of carbonyl (C=O) groups excluding carboxylic acids is 1. The first-order valence-corrected chi connectivity index (χ1v) is 4.24. The van der Waals surface area contributed by atoms with Crippen molar-refractivity contribution < 1.29 is 9.63 Å². The smallest absolute Gasteiger partial charge is 0.319 e. The molecule has 0 unspecified atom stereocenters. The number of hydrogen-bond donors (Lipinski definition) is 3. The van der Waals surface area contributed by atoms with E-state index in [-0.39, 0.29) is 6.03 Å². The van der Waals surface area contributed by atoms with Crippen LogP contribution in [0.15, 0.2) is 30.3 Å². The number of nitrogens with two attached hydrogens (primary N) is 1. The van der Waals surface area contributed by atoms with Gasteiger partial charge in [0.1, 0.15) is 0 Å². The Hall–Kier alpha value is -1.59. The first-order chi connectivity index (χ1) is 6.83. The second-order valence-electron chi connectivity index (χ2n) is 2.62. The fraction of sp³-hybridized carbons (Fsp3) is 0.222. The molecular formula is C9H13N3O2. The molecule has 0 saturated heterocycles. The fourth-order valence-corrected chi connectivity index (χ4v) is 0.920. The van der Waals surface area contributed by atoms with Gasteiger partial charge in [-0.05, 0) is 12.1 Å². The summed E-state index contributed by atoms with van der Waals surface area (Å²) in [7, 11) is 0. The lowest BCUT2D eigenvalue weighted by Gasteiger charge is -2.06. The van der Waals surface area contributed by atoms with Crippen molar-refractivity contribution in [3.05, 3.63) is 30.3 Å². The Morgan fingerprint density at radius 3 is 2.71 bits per heavy atom. The molecule has 76 valence electrons. The molecule has 0 heterocycles. The van der Waals surface area contributed by atoms with Gasteiger partial charge in [-0.2, -0.15) is 0 Å². The highest BCUT2D eigenvalue weighted by atomic mass is 16.6. The molecule has 0 aliphatic heterocycles. The van der Waals surface area contributed by atoms with E-state index in [1.54, 1.807) is 12.1 Å². The second-order valence-corrected chi connectivity index (χ2v) is 2.62.